The van der Waals surface area contributed by atoms with Gasteiger partial charge in [-0.3, -0.25) is 4.98 Å². The van der Waals surface area contributed by atoms with Crippen LogP contribution < -0.4 is 14.2 Å². The predicted octanol–water partition coefficient (Wildman–Crippen LogP) is 4.48. The molecule has 4 nitrogen and oxygen atoms in total. The van der Waals surface area contributed by atoms with Gasteiger partial charge in [0.05, 0.1) is 14.2 Å². The largest absolute Gasteiger partial charge is 0.496 e. The summed E-state index contributed by atoms with van der Waals surface area (Å²) in [5.74, 6) is 1.58. The summed E-state index contributed by atoms with van der Waals surface area (Å²) in [6, 6.07) is 13.7. The van der Waals surface area contributed by atoms with Gasteiger partial charge >= 0.3 is 0 Å². The van der Waals surface area contributed by atoms with Gasteiger partial charge in [0.15, 0.2) is 11.5 Å². The molecule has 0 N–H and O–H groups in total. The van der Waals surface area contributed by atoms with Gasteiger partial charge in [0.2, 0.25) is 0 Å². The van der Waals surface area contributed by atoms with Crippen LogP contribution in [0.5, 0.6) is 17.2 Å². The molecular weight excluding hydrogens is 321 g/mol. The Labute approximate surface area is 145 Å². The molecule has 1 aromatic heterocycles. The third-order valence-electron chi connectivity index (χ3n) is 3.73. The minimum Gasteiger partial charge on any atom is -0.496 e. The molecule has 0 aliphatic carbocycles. The van der Waals surface area contributed by atoms with Crippen molar-refractivity contribution < 1.29 is 18.6 Å². The van der Waals surface area contributed by atoms with Crippen molar-refractivity contribution in [1.82, 2.24) is 4.98 Å². The minimum absolute atomic E-state index is 0.318. The van der Waals surface area contributed by atoms with E-state index in [9.17, 15) is 4.39 Å². The van der Waals surface area contributed by atoms with Gasteiger partial charge in [-0.25, -0.2) is 4.39 Å². The smallest absolute Gasteiger partial charge is 0.161 e. The van der Waals surface area contributed by atoms with Crippen molar-refractivity contribution in [3.05, 3.63) is 72.3 Å². The zero-order valence-electron chi connectivity index (χ0n) is 14.0. The Kier molecular flexibility index (Phi) is 5.14. The second-order valence-electron chi connectivity index (χ2n) is 5.37. The van der Waals surface area contributed by atoms with Crippen LogP contribution in [0, 0.1) is 5.82 Å². The minimum atomic E-state index is -0.327. The highest BCUT2D eigenvalue weighted by Gasteiger charge is 2.09. The van der Waals surface area contributed by atoms with Gasteiger partial charge in [-0.15, -0.1) is 0 Å². The lowest BCUT2D eigenvalue weighted by Crippen LogP contribution is -1.99. The molecule has 0 spiro atoms. The first kappa shape index (κ1) is 16.8. The second kappa shape index (κ2) is 7.66. The van der Waals surface area contributed by atoms with Crippen LogP contribution in [0.15, 0.2) is 60.9 Å². The predicted molar refractivity (Wildman–Crippen MR) is 93.5 cm³/mol. The maximum absolute atomic E-state index is 13.6. The topological polar surface area (TPSA) is 40.6 Å². The first-order valence-electron chi connectivity index (χ1n) is 7.75. The van der Waals surface area contributed by atoms with Crippen molar-refractivity contribution in [1.29, 1.82) is 0 Å². The number of hydrogen-bond acceptors (Lipinski definition) is 4. The molecule has 0 radical (unpaired) electrons. The van der Waals surface area contributed by atoms with E-state index >= 15 is 0 Å². The third kappa shape index (κ3) is 3.88. The van der Waals surface area contributed by atoms with Crippen molar-refractivity contribution in [2.75, 3.05) is 14.2 Å². The summed E-state index contributed by atoms with van der Waals surface area (Å²) in [6.45, 7) is 0.318. The van der Waals surface area contributed by atoms with E-state index in [1.54, 1.807) is 32.7 Å². The maximum Gasteiger partial charge on any atom is 0.161 e. The van der Waals surface area contributed by atoms with E-state index in [-0.39, 0.29) is 5.82 Å². The molecule has 3 rings (SSSR count). The fourth-order valence-electron chi connectivity index (χ4n) is 2.52. The Hall–Kier alpha value is -3.08. The van der Waals surface area contributed by atoms with Crippen molar-refractivity contribution >= 4 is 0 Å². The molecule has 5 heteroatoms. The number of methoxy groups -OCH3 is 2. The van der Waals surface area contributed by atoms with Gasteiger partial charge in [-0.05, 0) is 36.4 Å². The van der Waals surface area contributed by atoms with Crippen LogP contribution in [0.1, 0.15) is 5.56 Å². The Morgan fingerprint density at radius 2 is 1.64 bits per heavy atom. The van der Waals surface area contributed by atoms with Crippen LogP contribution in [0.25, 0.3) is 11.1 Å². The molecule has 0 aliphatic rings. The molecule has 3 aromatic rings. The standard InChI is InChI=1S/C20H18FNO3/c1-23-18-8-7-16(21)10-17(18)15-9-14(11-22-12-15)13-25-20-6-4-3-5-19(20)24-2/h3-12H,13H2,1-2H3. The van der Waals surface area contributed by atoms with E-state index in [0.29, 0.717) is 29.4 Å². The van der Waals surface area contributed by atoms with Crippen molar-refractivity contribution in [2.24, 2.45) is 0 Å². The van der Waals surface area contributed by atoms with E-state index < -0.39 is 0 Å². The van der Waals surface area contributed by atoms with E-state index in [2.05, 4.69) is 4.98 Å². The summed E-state index contributed by atoms with van der Waals surface area (Å²) in [5.41, 5.74) is 2.27. The molecule has 0 bridgehead atoms. The summed E-state index contributed by atoms with van der Waals surface area (Å²) < 4.78 is 30.0. The SMILES string of the molecule is COc1ccccc1OCc1cncc(-c2cc(F)ccc2OC)c1. The summed E-state index contributed by atoms with van der Waals surface area (Å²) in [7, 11) is 3.15. The molecule has 0 amide bonds. The summed E-state index contributed by atoms with van der Waals surface area (Å²) in [5, 5.41) is 0. The Bertz CT molecular complexity index is 867. The van der Waals surface area contributed by atoms with Gasteiger partial charge in [0.1, 0.15) is 18.2 Å². The van der Waals surface area contributed by atoms with Crippen LogP contribution in [-0.2, 0) is 6.61 Å². The summed E-state index contributed by atoms with van der Waals surface area (Å²) in [6.07, 6.45) is 3.38. The first-order valence-corrected chi connectivity index (χ1v) is 7.75. The normalized spacial score (nSPS) is 10.4. The molecule has 128 valence electrons. The van der Waals surface area contributed by atoms with Gasteiger partial charge in [0, 0.05) is 29.1 Å². The van der Waals surface area contributed by atoms with Crippen LogP contribution in [0.2, 0.25) is 0 Å². The third-order valence-corrected chi connectivity index (χ3v) is 3.73. The number of aromatic nitrogens is 1. The van der Waals surface area contributed by atoms with Crippen LogP contribution in [0.3, 0.4) is 0 Å². The van der Waals surface area contributed by atoms with E-state index in [1.807, 2.05) is 30.3 Å². The number of ether oxygens (including phenoxy) is 3. The number of benzene rings is 2. The Morgan fingerprint density at radius 1 is 0.880 bits per heavy atom. The van der Waals surface area contributed by atoms with E-state index in [4.69, 9.17) is 14.2 Å². The molecule has 25 heavy (non-hydrogen) atoms. The number of halogens is 1. The molecule has 1 heterocycles. The van der Waals surface area contributed by atoms with Gasteiger partial charge in [0.25, 0.3) is 0 Å². The van der Waals surface area contributed by atoms with E-state index in [0.717, 1.165) is 11.1 Å². The zero-order chi connectivity index (χ0) is 17.6. The van der Waals surface area contributed by atoms with Crippen molar-refractivity contribution in [3.63, 3.8) is 0 Å². The maximum atomic E-state index is 13.6. The highest BCUT2D eigenvalue weighted by Crippen LogP contribution is 2.31. The number of hydrogen-bond donors (Lipinski definition) is 0. The molecule has 0 aliphatic heterocycles. The first-order chi connectivity index (χ1) is 12.2. The average Bonchev–Trinajstić information content (AvgIpc) is 2.66. The Morgan fingerprint density at radius 3 is 2.40 bits per heavy atom. The lowest BCUT2D eigenvalue weighted by atomic mass is 10.0. The zero-order valence-corrected chi connectivity index (χ0v) is 14.0. The molecule has 0 fully saturated rings. The van der Waals surface area contributed by atoms with Gasteiger partial charge in [-0.2, -0.15) is 0 Å². The molecule has 0 unspecified atom stereocenters. The van der Waals surface area contributed by atoms with E-state index in [1.165, 1.54) is 12.1 Å². The molecule has 2 aromatic carbocycles. The summed E-state index contributed by atoms with van der Waals surface area (Å²) in [4.78, 5) is 4.23. The van der Waals surface area contributed by atoms with Crippen molar-refractivity contribution in [3.8, 4) is 28.4 Å². The molecule has 0 saturated heterocycles. The number of pyridine rings is 1. The number of rotatable bonds is 6. The van der Waals surface area contributed by atoms with Crippen molar-refractivity contribution in [2.45, 2.75) is 6.61 Å². The molecule has 0 saturated carbocycles. The lowest BCUT2D eigenvalue weighted by Gasteiger charge is -2.12. The lowest BCUT2D eigenvalue weighted by molar-refractivity contribution is 0.284. The monoisotopic (exact) mass is 339 g/mol. The molecule has 0 atom stereocenters. The van der Waals surface area contributed by atoms with Crippen LogP contribution in [-0.4, -0.2) is 19.2 Å². The second-order valence-corrected chi connectivity index (χ2v) is 5.37. The van der Waals surface area contributed by atoms with Crippen LogP contribution >= 0.6 is 0 Å². The Balaban J connectivity index is 1.84. The average molecular weight is 339 g/mol. The quantitative estimate of drug-likeness (QED) is 0.664. The number of para-hydroxylation sites is 2. The highest BCUT2D eigenvalue weighted by atomic mass is 19.1. The fourth-order valence-corrected chi connectivity index (χ4v) is 2.52. The van der Waals surface area contributed by atoms with Gasteiger partial charge < -0.3 is 14.2 Å². The number of nitrogens with zero attached hydrogens (tertiary/aromatic N) is 1. The fraction of sp³-hybridized carbons (Fsp3) is 0.150. The van der Waals surface area contributed by atoms with Crippen LogP contribution in [0.4, 0.5) is 4.39 Å². The highest BCUT2D eigenvalue weighted by molar-refractivity contribution is 5.70. The summed E-state index contributed by atoms with van der Waals surface area (Å²) >= 11 is 0. The van der Waals surface area contributed by atoms with Gasteiger partial charge in [-0.1, -0.05) is 12.1 Å². The molecular formula is C20H18FNO3.